The molecule has 0 aliphatic heterocycles. The lowest BCUT2D eigenvalue weighted by Crippen LogP contribution is -2.17. The first-order valence-electron chi connectivity index (χ1n) is 12.0. The van der Waals surface area contributed by atoms with Crippen LogP contribution in [-0.2, 0) is 37.9 Å². The fourth-order valence-electron chi connectivity index (χ4n) is 3.05. The van der Waals surface area contributed by atoms with Gasteiger partial charge in [0.05, 0.1) is 26.4 Å². The van der Waals surface area contributed by atoms with Gasteiger partial charge in [-0.2, -0.15) is 0 Å². The third kappa shape index (κ3) is 11.1. The minimum atomic E-state index is -0.0272. The molecule has 0 spiro atoms. The maximum atomic E-state index is 5.66. The Hall–Kier alpha value is -1.96. The minimum absolute atomic E-state index is 0.0272. The smallest absolute Gasteiger partial charge is 0.133 e. The maximum absolute atomic E-state index is 5.66. The first-order chi connectivity index (χ1) is 15.7. The molecule has 33 heavy (non-hydrogen) atoms. The summed E-state index contributed by atoms with van der Waals surface area (Å²) in [6.45, 7) is 16.5. The molecule has 0 N–H and O–H groups in total. The summed E-state index contributed by atoms with van der Waals surface area (Å²) in [5.41, 5.74) is 2.09. The molecule has 0 aromatic carbocycles. The van der Waals surface area contributed by atoms with Crippen LogP contribution >= 0.6 is 0 Å². The lowest BCUT2D eigenvalue weighted by Gasteiger charge is -2.16. The Morgan fingerprint density at radius 1 is 0.576 bits per heavy atom. The van der Waals surface area contributed by atoms with Gasteiger partial charge in [0.2, 0.25) is 0 Å². The predicted molar refractivity (Wildman–Crippen MR) is 131 cm³/mol. The number of aryl methyl sites for hydroxylation is 2. The fraction of sp³-hybridized carbons (Fsp3) is 0.692. The first kappa shape index (κ1) is 27.3. The molecule has 7 nitrogen and oxygen atoms in total. The molecule has 0 aliphatic carbocycles. The highest BCUT2D eigenvalue weighted by molar-refractivity contribution is 5.09. The molecule has 2 rings (SSSR count). The van der Waals surface area contributed by atoms with Crippen LogP contribution in [0.15, 0.2) is 24.5 Å². The summed E-state index contributed by atoms with van der Waals surface area (Å²) in [4.78, 5) is 18.0. The van der Waals surface area contributed by atoms with Crippen LogP contribution in [0, 0.1) is 0 Å². The Kier molecular flexibility index (Phi) is 11.3. The van der Waals surface area contributed by atoms with E-state index >= 15 is 0 Å². The Morgan fingerprint density at radius 2 is 0.939 bits per heavy atom. The number of ether oxygens (including phenoxy) is 3. The van der Waals surface area contributed by atoms with E-state index in [4.69, 9.17) is 14.2 Å². The Morgan fingerprint density at radius 3 is 1.30 bits per heavy atom. The van der Waals surface area contributed by atoms with E-state index in [1.807, 2.05) is 24.5 Å². The van der Waals surface area contributed by atoms with Crippen molar-refractivity contribution in [1.82, 2.24) is 19.9 Å². The van der Waals surface area contributed by atoms with Crippen LogP contribution in [0.25, 0.3) is 0 Å². The van der Waals surface area contributed by atoms with Crippen molar-refractivity contribution >= 4 is 0 Å². The summed E-state index contributed by atoms with van der Waals surface area (Å²) in [5, 5.41) is 0. The van der Waals surface area contributed by atoms with Crippen molar-refractivity contribution < 1.29 is 14.2 Å². The maximum Gasteiger partial charge on any atom is 0.133 e. The van der Waals surface area contributed by atoms with Crippen LogP contribution in [0.5, 0.6) is 0 Å². The molecule has 0 fully saturated rings. The number of aromatic nitrogens is 4. The normalized spacial score (nSPS) is 12.3. The van der Waals surface area contributed by atoms with Crippen molar-refractivity contribution in [3.63, 3.8) is 0 Å². The predicted octanol–water partition coefficient (Wildman–Crippen LogP) is 4.48. The van der Waals surface area contributed by atoms with E-state index in [-0.39, 0.29) is 10.8 Å². The van der Waals surface area contributed by atoms with E-state index in [1.54, 1.807) is 0 Å². The Labute approximate surface area is 199 Å². The highest BCUT2D eigenvalue weighted by atomic mass is 16.5. The molecule has 0 bridgehead atoms. The van der Waals surface area contributed by atoms with Gasteiger partial charge in [-0.05, 0) is 37.8 Å². The van der Waals surface area contributed by atoms with Crippen LogP contribution in [0.4, 0.5) is 0 Å². The summed E-state index contributed by atoms with van der Waals surface area (Å²) >= 11 is 0. The standard InChI is InChI=1S/C26H42N4O3/c1-25(2,3)23-27-13-11-21(29-23)9-7-15-31-17-19-33-20-18-32-16-8-10-22-12-14-28-24(30-22)26(4,5)6/h11-14H,7-10,15-20H2,1-6H3. The number of rotatable bonds is 14. The van der Waals surface area contributed by atoms with Gasteiger partial charge in [0, 0.05) is 47.8 Å². The zero-order valence-corrected chi connectivity index (χ0v) is 21.4. The van der Waals surface area contributed by atoms with Gasteiger partial charge in [-0.1, -0.05) is 41.5 Å². The van der Waals surface area contributed by atoms with Crippen LogP contribution in [0.2, 0.25) is 0 Å². The van der Waals surface area contributed by atoms with E-state index in [2.05, 4.69) is 61.5 Å². The summed E-state index contributed by atoms with van der Waals surface area (Å²) in [5.74, 6) is 1.78. The van der Waals surface area contributed by atoms with Gasteiger partial charge < -0.3 is 14.2 Å². The van der Waals surface area contributed by atoms with Gasteiger partial charge in [0.1, 0.15) is 11.6 Å². The number of hydrogen-bond donors (Lipinski definition) is 0. The molecule has 0 saturated heterocycles. The zero-order chi connectivity index (χ0) is 24.2. The van der Waals surface area contributed by atoms with E-state index in [9.17, 15) is 0 Å². The molecule has 2 aromatic rings. The first-order valence-corrected chi connectivity index (χ1v) is 12.0. The van der Waals surface area contributed by atoms with Gasteiger partial charge in [0.25, 0.3) is 0 Å². The number of nitrogens with zero attached hydrogens (tertiary/aromatic N) is 4. The zero-order valence-electron chi connectivity index (χ0n) is 21.4. The van der Waals surface area contributed by atoms with E-state index in [0.29, 0.717) is 39.6 Å². The van der Waals surface area contributed by atoms with Crippen LogP contribution < -0.4 is 0 Å². The van der Waals surface area contributed by atoms with Gasteiger partial charge in [0.15, 0.2) is 0 Å². The van der Waals surface area contributed by atoms with Gasteiger partial charge in [-0.3, -0.25) is 0 Å². The molecular weight excluding hydrogens is 416 g/mol. The van der Waals surface area contributed by atoms with Gasteiger partial charge >= 0.3 is 0 Å². The lowest BCUT2D eigenvalue weighted by molar-refractivity contribution is 0.0138. The Bertz CT molecular complexity index is 748. The largest absolute Gasteiger partial charge is 0.379 e. The fourth-order valence-corrected chi connectivity index (χ4v) is 3.05. The third-order valence-corrected chi connectivity index (χ3v) is 4.96. The summed E-state index contributed by atoms with van der Waals surface area (Å²) < 4.78 is 16.9. The highest BCUT2D eigenvalue weighted by Crippen LogP contribution is 2.18. The molecule has 2 heterocycles. The van der Waals surface area contributed by atoms with Crippen molar-refractivity contribution in [2.75, 3.05) is 39.6 Å². The van der Waals surface area contributed by atoms with E-state index in [0.717, 1.165) is 48.7 Å². The second-order valence-electron chi connectivity index (χ2n) is 10.3. The van der Waals surface area contributed by atoms with Crippen molar-refractivity contribution in [3.8, 4) is 0 Å². The third-order valence-electron chi connectivity index (χ3n) is 4.96. The summed E-state index contributed by atoms with van der Waals surface area (Å²) in [6.07, 6.45) is 7.36. The molecule has 7 heteroatoms. The van der Waals surface area contributed by atoms with Crippen LogP contribution in [-0.4, -0.2) is 59.6 Å². The monoisotopic (exact) mass is 458 g/mol. The van der Waals surface area contributed by atoms with Crippen LogP contribution in [0.1, 0.15) is 77.4 Å². The molecule has 0 amide bonds. The van der Waals surface area contributed by atoms with Crippen molar-refractivity contribution in [1.29, 1.82) is 0 Å². The van der Waals surface area contributed by atoms with Crippen molar-refractivity contribution in [2.45, 2.75) is 78.1 Å². The highest BCUT2D eigenvalue weighted by Gasteiger charge is 2.18. The van der Waals surface area contributed by atoms with Gasteiger partial charge in [-0.15, -0.1) is 0 Å². The van der Waals surface area contributed by atoms with Crippen LogP contribution in [0.3, 0.4) is 0 Å². The topological polar surface area (TPSA) is 79.2 Å². The van der Waals surface area contributed by atoms with E-state index < -0.39 is 0 Å². The summed E-state index contributed by atoms with van der Waals surface area (Å²) in [6, 6.07) is 3.96. The Balaban J connectivity index is 1.43. The van der Waals surface area contributed by atoms with Crippen molar-refractivity contribution in [2.24, 2.45) is 0 Å². The molecule has 0 saturated carbocycles. The lowest BCUT2D eigenvalue weighted by atomic mass is 9.95. The molecule has 184 valence electrons. The molecule has 0 atom stereocenters. The van der Waals surface area contributed by atoms with Gasteiger partial charge in [-0.25, -0.2) is 19.9 Å². The molecule has 0 aliphatic rings. The SMILES string of the molecule is CC(C)(C)c1nccc(CCCOCCOCCOCCCc2ccnc(C(C)(C)C)n2)n1. The van der Waals surface area contributed by atoms with E-state index in [1.165, 1.54) is 0 Å². The molecule has 0 radical (unpaired) electrons. The average Bonchev–Trinajstić information content (AvgIpc) is 2.76. The minimum Gasteiger partial charge on any atom is -0.379 e. The average molecular weight is 459 g/mol. The number of hydrogen-bond acceptors (Lipinski definition) is 7. The molecular formula is C26H42N4O3. The molecule has 2 aromatic heterocycles. The van der Waals surface area contributed by atoms with Crippen molar-refractivity contribution in [3.05, 3.63) is 47.6 Å². The summed E-state index contributed by atoms with van der Waals surface area (Å²) in [7, 11) is 0. The quantitative estimate of drug-likeness (QED) is 0.386. The second-order valence-corrected chi connectivity index (χ2v) is 10.3. The second kappa shape index (κ2) is 13.7. The molecule has 0 unspecified atom stereocenters.